The van der Waals surface area contributed by atoms with Crippen LogP contribution in [0.2, 0.25) is 0 Å². The molecular formula is C23H29N7O3. The first-order valence-corrected chi connectivity index (χ1v) is 10.8. The number of aromatic nitrogens is 4. The van der Waals surface area contributed by atoms with Gasteiger partial charge in [-0.25, -0.2) is 14.8 Å². The highest BCUT2D eigenvalue weighted by atomic mass is 16.5. The summed E-state index contributed by atoms with van der Waals surface area (Å²) in [4.78, 5) is 38.6. The molecule has 2 N–H and O–H groups in total. The highest BCUT2D eigenvalue weighted by Crippen LogP contribution is 2.30. The van der Waals surface area contributed by atoms with Crippen LogP contribution >= 0.6 is 0 Å². The fraction of sp³-hybridized carbons (Fsp3) is 0.391. The molecule has 33 heavy (non-hydrogen) atoms. The number of likely N-dealkylation sites (N-methyl/N-ethyl adjacent to an activating group) is 1. The number of carbonyl (C=O) groups is 1. The van der Waals surface area contributed by atoms with E-state index in [0.717, 1.165) is 5.56 Å². The van der Waals surface area contributed by atoms with Crippen molar-refractivity contribution in [2.45, 2.75) is 19.4 Å². The number of fused-ring (bicyclic) bond motifs is 1. The largest absolute Gasteiger partial charge is 0.496 e. The van der Waals surface area contributed by atoms with Crippen molar-refractivity contribution in [3.05, 3.63) is 52.7 Å². The first kappa shape index (κ1) is 22.5. The second-order valence-electron chi connectivity index (χ2n) is 8.41. The van der Waals surface area contributed by atoms with Crippen molar-refractivity contribution >= 4 is 22.9 Å². The molecule has 2 aromatic heterocycles. The Labute approximate surface area is 191 Å². The number of benzene rings is 1. The van der Waals surface area contributed by atoms with Gasteiger partial charge in [0.25, 0.3) is 0 Å². The zero-order valence-electron chi connectivity index (χ0n) is 19.4. The number of nitrogen functional groups attached to an aromatic ring is 1. The van der Waals surface area contributed by atoms with E-state index in [9.17, 15) is 9.59 Å². The minimum atomic E-state index is -0.268. The van der Waals surface area contributed by atoms with E-state index < -0.39 is 0 Å². The van der Waals surface area contributed by atoms with E-state index in [2.05, 4.69) is 9.97 Å². The summed E-state index contributed by atoms with van der Waals surface area (Å²) in [5, 5.41) is 0. The minimum absolute atomic E-state index is 0.0612. The van der Waals surface area contributed by atoms with Crippen LogP contribution in [0.5, 0.6) is 5.75 Å². The lowest BCUT2D eigenvalue weighted by Gasteiger charge is -2.15. The number of likely N-dealkylation sites (tertiary alicyclic amines) is 1. The molecule has 1 saturated heterocycles. The van der Waals surface area contributed by atoms with Gasteiger partial charge in [0.15, 0.2) is 11.5 Å². The van der Waals surface area contributed by atoms with Crippen molar-refractivity contribution in [2.75, 3.05) is 46.6 Å². The highest BCUT2D eigenvalue weighted by Gasteiger charge is 2.31. The van der Waals surface area contributed by atoms with E-state index >= 15 is 0 Å². The van der Waals surface area contributed by atoms with Crippen LogP contribution in [-0.2, 0) is 4.79 Å². The van der Waals surface area contributed by atoms with Crippen molar-refractivity contribution in [3.8, 4) is 11.4 Å². The predicted molar refractivity (Wildman–Crippen MR) is 127 cm³/mol. The Hall–Kier alpha value is -3.66. The molecule has 3 aromatic rings. The topological polar surface area (TPSA) is 112 Å². The van der Waals surface area contributed by atoms with Crippen LogP contribution in [-0.4, -0.2) is 75.6 Å². The van der Waals surface area contributed by atoms with E-state index in [-0.39, 0.29) is 23.5 Å². The molecule has 1 aliphatic rings. The molecule has 1 aromatic carbocycles. The van der Waals surface area contributed by atoms with Crippen molar-refractivity contribution in [1.82, 2.24) is 28.9 Å². The number of imidazole rings is 1. The molecule has 3 heterocycles. The molecule has 1 amide bonds. The summed E-state index contributed by atoms with van der Waals surface area (Å²) in [6.45, 7) is 3.56. The van der Waals surface area contributed by atoms with E-state index in [1.165, 1.54) is 6.33 Å². The van der Waals surface area contributed by atoms with Gasteiger partial charge in [0.2, 0.25) is 5.91 Å². The first-order chi connectivity index (χ1) is 15.8. The maximum atomic E-state index is 13.7. The maximum Gasteiger partial charge on any atom is 0.335 e. The average molecular weight is 452 g/mol. The summed E-state index contributed by atoms with van der Waals surface area (Å²) in [5.41, 5.74) is 8.32. The number of amides is 1. The summed E-state index contributed by atoms with van der Waals surface area (Å²) in [5.74, 6) is 0.822. The first-order valence-electron chi connectivity index (χ1n) is 10.8. The summed E-state index contributed by atoms with van der Waals surface area (Å²) in [6.07, 6.45) is 5.44. The summed E-state index contributed by atoms with van der Waals surface area (Å²) in [6, 6.07) is 5.29. The van der Waals surface area contributed by atoms with Crippen LogP contribution in [0.3, 0.4) is 0 Å². The Bertz CT molecular complexity index is 1280. The monoisotopic (exact) mass is 451 g/mol. The van der Waals surface area contributed by atoms with Gasteiger partial charge < -0.3 is 20.3 Å². The number of nitrogens with zero attached hydrogens (tertiary/aromatic N) is 6. The van der Waals surface area contributed by atoms with Gasteiger partial charge in [0, 0.05) is 31.3 Å². The van der Waals surface area contributed by atoms with E-state index in [1.54, 1.807) is 27.2 Å². The molecule has 0 saturated carbocycles. The minimum Gasteiger partial charge on any atom is -0.496 e. The van der Waals surface area contributed by atoms with E-state index in [1.807, 2.05) is 50.2 Å². The Morgan fingerprint density at radius 2 is 2.12 bits per heavy atom. The van der Waals surface area contributed by atoms with Crippen molar-refractivity contribution < 1.29 is 9.53 Å². The van der Waals surface area contributed by atoms with Crippen LogP contribution in [0.25, 0.3) is 16.9 Å². The molecule has 0 unspecified atom stereocenters. The number of carbonyl (C=O) groups excluding carboxylic acids is 1. The number of ether oxygens (including phenoxy) is 1. The second kappa shape index (κ2) is 9.07. The Morgan fingerprint density at radius 3 is 2.85 bits per heavy atom. The number of anilines is 1. The third-order valence-electron chi connectivity index (χ3n) is 5.97. The van der Waals surface area contributed by atoms with Crippen LogP contribution in [0, 0.1) is 6.92 Å². The van der Waals surface area contributed by atoms with Gasteiger partial charge in [-0.2, -0.15) is 0 Å². The number of hydrogen-bond acceptors (Lipinski definition) is 7. The standard InChI is InChI=1S/C23H29N7O3/c1-15-17(7-5-8-18(15)33-4)30-20-21(24)25-14-26-22(20)29(23(30)32)16-10-12-28(13-16)19(31)9-6-11-27(2)3/h5-9,14,16H,10-13H2,1-4H3,(H2,24,25,26)/t16-/m1/s1. The Morgan fingerprint density at radius 1 is 1.33 bits per heavy atom. The maximum absolute atomic E-state index is 13.7. The molecule has 4 rings (SSSR count). The lowest BCUT2D eigenvalue weighted by molar-refractivity contribution is -0.125. The molecule has 0 aliphatic carbocycles. The summed E-state index contributed by atoms with van der Waals surface area (Å²) in [7, 11) is 5.48. The smallest absolute Gasteiger partial charge is 0.335 e. The molecule has 0 spiro atoms. The van der Waals surface area contributed by atoms with Gasteiger partial charge in [-0.15, -0.1) is 0 Å². The SMILES string of the molecule is COc1cccc(-n2c(=O)n([C@@H]3CCN(C(=O)C=CCN(C)C)C3)c3ncnc(N)c32)c1C. The molecule has 10 nitrogen and oxygen atoms in total. The summed E-state index contributed by atoms with van der Waals surface area (Å²) < 4.78 is 8.63. The number of nitrogens with two attached hydrogens (primary N) is 1. The van der Waals surface area contributed by atoms with Gasteiger partial charge in [-0.3, -0.25) is 13.9 Å². The molecule has 0 bridgehead atoms. The zero-order valence-corrected chi connectivity index (χ0v) is 19.4. The average Bonchev–Trinajstić information content (AvgIpc) is 3.37. The van der Waals surface area contributed by atoms with Crippen molar-refractivity contribution in [3.63, 3.8) is 0 Å². The molecule has 1 atom stereocenters. The lowest BCUT2D eigenvalue weighted by Crippen LogP contribution is -2.31. The quantitative estimate of drug-likeness (QED) is 0.564. The summed E-state index contributed by atoms with van der Waals surface area (Å²) >= 11 is 0. The molecule has 1 fully saturated rings. The lowest BCUT2D eigenvalue weighted by atomic mass is 10.1. The van der Waals surface area contributed by atoms with Crippen LogP contribution in [0.1, 0.15) is 18.0 Å². The van der Waals surface area contributed by atoms with Gasteiger partial charge in [0.05, 0.1) is 18.8 Å². The molecule has 1 aliphatic heterocycles. The highest BCUT2D eigenvalue weighted by molar-refractivity contribution is 5.88. The third-order valence-corrected chi connectivity index (χ3v) is 5.97. The second-order valence-corrected chi connectivity index (χ2v) is 8.41. The van der Waals surface area contributed by atoms with Crippen molar-refractivity contribution in [1.29, 1.82) is 0 Å². The van der Waals surface area contributed by atoms with Crippen LogP contribution in [0.15, 0.2) is 41.5 Å². The van der Waals surface area contributed by atoms with Gasteiger partial charge in [-0.05, 0) is 39.6 Å². The van der Waals surface area contributed by atoms with Gasteiger partial charge in [-0.1, -0.05) is 12.1 Å². The molecule has 10 heteroatoms. The molecule has 0 radical (unpaired) electrons. The number of methoxy groups -OCH3 is 1. The predicted octanol–water partition coefficient (Wildman–Crippen LogP) is 1.37. The van der Waals surface area contributed by atoms with E-state index in [0.29, 0.717) is 48.7 Å². The third kappa shape index (κ3) is 4.09. The van der Waals surface area contributed by atoms with Crippen molar-refractivity contribution in [2.24, 2.45) is 0 Å². The Balaban J connectivity index is 1.76. The fourth-order valence-electron chi connectivity index (χ4n) is 4.31. The van der Waals surface area contributed by atoms with Crippen LogP contribution < -0.4 is 16.2 Å². The van der Waals surface area contributed by atoms with E-state index in [4.69, 9.17) is 10.5 Å². The van der Waals surface area contributed by atoms with Gasteiger partial charge in [0.1, 0.15) is 17.6 Å². The van der Waals surface area contributed by atoms with Gasteiger partial charge >= 0.3 is 5.69 Å². The number of rotatable bonds is 6. The molecular weight excluding hydrogens is 422 g/mol. The zero-order chi connectivity index (χ0) is 23.7. The Kier molecular flexibility index (Phi) is 6.19. The molecule has 174 valence electrons. The number of hydrogen-bond donors (Lipinski definition) is 1. The van der Waals surface area contributed by atoms with Crippen LogP contribution in [0.4, 0.5) is 5.82 Å². The fourth-order valence-corrected chi connectivity index (χ4v) is 4.31. The normalized spacial score (nSPS) is 16.4.